The van der Waals surface area contributed by atoms with Crippen molar-refractivity contribution in [1.82, 2.24) is 10.2 Å². The van der Waals surface area contributed by atoms with Crippen molar-refractivity contribution in [2.45, 2.75) is 51.7 Å². The van der Waals surface area contributed by atoms with Gasteiger partial charge in [0, 0.05) is 23.1 Å². The predicted molar refractivity (Wildman–Crippen MR) is 126 cm³/mol. The maximum absolute atomic E-state index is 12.9. The molecular formula is C25H31BrN2O3. The Labute approximate surface area is 193 Å². The van der Waals surface area contributed by atoms with Gasteiger partial charge < -0.3 is 15.0 Å². The number of amides is 2. The van der Waals surface area contributed by atoms with Crippen LogP contribution in [-0.4, -0.2) is 35.6 Å². The van der Waals surface area contributed by atoms with Crippen LogP contribution in [-0.2, 0) is 4.74 Å². The summed E-state index contributed by atoms with van der Waals surface area (Å²) >= 11 is 3.41. The normalized spacial score (nSPS) is 15.9. The Morgan fingerprint density at radius 3 is 2.26 bits per heavy atom. The standard InChI is InChI=1S/C25H31BrN2O3/c1-25(2,3)31-24(30)28-15-13-18(14-16-28)17-22(19-7-5-4-6-8-19)27-23(29)20-9-11-21(26)12-10-20/h4-12,18,22H,13-17H2,1-3H3,(H,27,29). The van der Waals surface area contributed by atoms with E-state index >= 15 is 0 Å². The largest absolute Gasteiger partial charge is 0.444 e. The lowest BCUT2D eigenvalue weighted by Crippen LogP contribution is -2.42. The third-order valence-corrected chi connectivity index (χ3v) is 5.98. The highest BCUT2D eigenvalue weighted by Crippen LogP contribution is 2.29. The number of rotatable bonds is 5. The van der Waals surface area contributed by atoms with E-state index in [4.69, 9.17) is 4.74 Å². The van der Waals surface area contributed by atoms with E-state index < -0.39 is 5.60 Å². The minimum atomic E-state index is -0.482. The summed E-state index contributed by atoms with van der Waals surface area (Å²) in [6, 6.07) is 17.4. The lowest BCUT2D eigenvalue weighted by Gasteiger charge is -2.35. The molecule has 1 N–H and O–H groups in total. The molecule has 166 valence electrons. The third kappa shape index (κ3) is 7.10. The monoisotopic (exact) mass is 486 g/mol. The Morgan fingerprint density at radius 1 is 1.06 bits per heavy atom. The summed E-state index contributed by atoms with van der Waals surface area (Å²) in [5, 5.41) is 3.22. The van der Waals surface area contributed by atoms with Crippen LogP contribution in [0.1, 0.15) is 62.0 Å². The number of nitrogens with zero attached hydrogens (tertiary/aromatic N) is 1. The van der Waals surface area contributed by atoms with E-state index in [1.807, 2.05) is 63.2 Å². The van der Waals surface area contributed by atoms with E-state index in [0.717, 1.165) is 29.3 Å². The second-order valence-electron chi connectivity index (χ2n) is 9.09. The van der Waals surface area contributed by atoms with Gasteiger partial charge in [-0.3, -0.25) is 4.79 Å². The molecule has 1 atom stereocenters. The number of likely N-dealkylation sites (tertiary alicyclic amines) is 1. The molecule has 0 aromatic heterocycles. The van der Waals surface area contributed by atoms with E-state index in [1.165, 1.54) is 0 Å². The van der Waals surface area contributed by atoms with Crippen LogP contribution in [0.2, 0.25) is 0 Å². The van der Waals surface area contributed by atoms with Crippen molar-refractivity contribution >= 4 is 27.9 Å². The molecule has 5 nitrogen and oxygen atoms in total. The highest BCUT2D eigenvalue weighted by molar-refractivity contribution is 9.10. The molecule has 2 aromatic carbocycles. The van der Waals surface area contributed by atoms with Crippen molar-refractivity contribution in [1.29, 1.82) is 0 Å². The molecule has 1 saturated heterocycles. The van der Waals surface area contributed by atoms with Crippen molar-refractivity contribution in [3.63, 3.8) is 0 Å². The number of hydrogen-bond donors (Lipinski definition) is 1. The molecule has 0 aliphatic carbocycles. The fourth-order valence-corrected chi connectivity index (χ4v) is 4.08. The Kier molecular flexibility index (Phi) is 7.76. The van der Waals surface area contributed by atoms with Gasteiger partial charge in [-0.25, -0.2) is 4.79 Å². The molecule has 31 heavy (non-hydrogen) atoms. The molecule has 0 radical (unpaired) electrons. The first-order valence-electron chi connectivity index (χ1n) is 10.8. The zero-order chi connectivity index (χ0) is 22.4. The number of nitrogens with one attached hydrogen (secondary N) is 1. The number of carbonyl (C=O) groups excluding carboxylic acids is 2. The first kappa shape index (κ1) is 23.3. The molecule has 1 aliphatic heterocycles. The first-order valence-corrected chi connectivity index (χ1v) is 11.6. The average Bonchev–Trinajstić information content (AvgIpc) is 2.73. The molecule has 2 amide bonds. The summed E-state index contributed by atoms with van der Waals surface area (Å²) in [7, 11) is 0. The fraction of sp³-hybridized carbons (Fsp3) is 0.440. The van der Waals surface area contributed by atoms with Crippen molar-refractivity contribution in [2.75, 3.05) is 13.1 Å². The van der Waals surface area contributed by atoms with E-state index in [2.05, 4.69) is 33.4 Å². The molecule has 0 saturated carbocycles. The van der Waals surface area contributed by atoms with Gasteiger partial charge in [0.15, 0.2) is 0 Å². The van der Waals surface area contributed by atoms with Gasteiger partial charge >= 0.3 is 6.09 Å². The second kappa shape index (κ2) is 10.3. The van der Waals surface area contributed by atoms with Crippen LogP contribution in [0.5, 0.6) is 0 Å². The van der Waals surface area contributed by atoms with Crippen molar-refractivity contribution in [3.8, 4) is 0 Å². The van der Waals surface area contributed by atoms with Crippen molar-refractivity contribution in [3.05, 3.63) is 70.2 Å². The third-order valence-electron chi connectivity index (χ3n) is 5.45. The number of hydrogen-bond acceptors (Lipinski definition) is 3. The van der Waals surface area contributed by atoms with E-state index in [9.17, 15) is 9.59 Å². The van der Waals surface area contributed by atoms with Crippen molar-refractivity contribution in [2.24, 2.45) is 5.92 Å². The summed E-state index contributed by atoms with van der Waals surface area (Å²) in [5.74, 6) is 0.349. The Morgan fingerprint density at radius 2 is 1.68 bits per heavy atom. The minimum absolute atomic E-state index is 0.0737. The molecular weight excluding hydrogens is 456 g/mol. The molecule has 0 bridgehead atoms. The number of benzene rings is 2. The van der Waals surface area contributed by atoms with Crippen LogP contribution in [0, 0.1) is 5.92 Å². The fourth-order valence-electron chi connectivity index (χ4n) is 3.82. The van der Waals surface area contributed by atoms with Crippen LogP contribution >= 0.6 is 15.9 Å². The van der Waals surface area contributed by atoms with Crippen LogP contribution in [0.4, 0.5) is 4.79 Å². The number of piperidine rings is 1. The first-order chi connectivity index (χ1) is 14.7. The summed E-state index contributed by atoms with van der Waals surface area (Å²) < 4.78 is 6.44. The summed E-state index contributed by atoms with van der Waals surface area (Å²) in [5.41, 5.74) is 1.26. The maximum Gasteiger partial charge on any atom is 0.410 e. The predicted octanol–water partition coefficient (Wildman–Crippen LogP) is 5.96. The van der Waals surface area contributed by atoms with Crippen LogP contribution in [0.3, 0.4) is 0 Å². The molecule has 6 heteroatoms. The molecule has 3 rings (SSSR count). The van der Waals surface area contributed by atoms with Gasteiger partial charge in [0.05, 0.1) is 6.04 Å². The van der Waals surface area contributed by atoms with E-state index in [-0.39, 0.29) is 18.0 Å². The van der Waals surface area contributed by atoms with Gasteiger partial charge in [-0.2, -0.15) is 0 Å². The Balaban J connectivity index is 1.63. The zero-order valence-electron chi connectivity index (χ0n) is 18.4. The highest BCUT2D eigenvalue weighted by Gasteiger charge is 2.29. The van der Waals surface area contributed by atoms with Crippen LogP contribution in [0.25, 0.3) is 0 Å². The molecule has 1 heterocycles. The van der Waals surface area contributed by atoms with Gasteiger partial charge in [0.2, 0.25) is 0 Å². The molecule has 1 aliphatic rings. The number of carbonyl (C=O) groups is 2. The van der Waals surface area contributed by atoms with E-state index in [0.29, 0.717) is 24.6 Å². The zero-order valence-corrected chi connectivity index (χ0v) is 20.0. The Bertz CT molecular complexity index is 870. The molecule has 1 unspecified atom stereocenters. The molecule has 0 spiro atoms. The minimum Gasteiger partial charge on any atom is -0.444 e. The second-order valence-corrected chi connectivity index (χ2v) is 10.0. The summed E-state index contributed by atoms with van der Waals surface area (Å²) in [6.07, 6.45) is 2.40. The topological polar surface area (TPSA) is 58.6 Å². The average molecular weight is 487 g/mol. The Hall–Kier alpha value is -2.34. The molecule has 1 fully saturated rings. The van der Waals surface area contributed by atoms with Gasteiger partial charge in [0.1, 0.15) is 5.60 Å². The van der Waals surface area contributed by atoms with Crippen molar-refractivity contribution < 1.29 is 14.3 Å². The van der Waals surface area contributed by atoms with Gasteiger partial charge in [0.25, 0.3) is 5.91 Å². The smallest absolute Gasteiger partial charge is 0.410 e. The van der Waals surface area contributed by atoms with Gasteiger partial charge in [-0.15, -0.1) is 0 Å². The summed E-state index contributed by atoms with van der Waals surface area (Å²) in [4.78, 5) is 27.0. The lowest BCUT2D eigenvalue weighted by atomic mass is 9.87. The van der Waals surface area contributed by atoms with E-state index in [1.54, 1.807) is 4.90 Å². The maximum atomic E-state index is 12.9. The molecule has 2 aromatic rings. The lowest BCUT2D eigenvalue weighted by molar-refractivity contribution is 0.0178. The van der Waals surface area contributed by atoms with Crippen LogP contribution < -0.4 is 5.32 Å². The highest BCUT2D eigenvalue weighted by atomic mass is 79.9. The quantitative estimate of drug-likeness (QED) is 0.567. The van der Waals surface area contributed by atoms with Gasteiger partial charge in [-0.1, -0.05) is 46.3 Å². The van der Waals surface area contributed by atoms with Crippen LogP contribution in [0.15, 0.2) is 59.1 Å². The SMILES string of the molecule is CC(C)(C)OC(=O)N1CCC(CC(NC(=O)c2ccc(Br)cc2)c2ccccc2)CC1. The number of ether oxygens (including phenoxy) is 1. The summed E-state index contributed by atoms with van der Waals surface area (Å²) in [6.45, 7) is 7.02. The number of halogens is 1. The van der Waals surface area contributed by atoms with Gasteiger partial charge in [-0.05, 0) is 75.8 Å².